The molecule has 1 spiro atoms. The highest BCUT2D eigenvalue weighted by Crippen LogP contribution is 2.43. The molecule has 0 bridgehead atoms. The highest BCUT2D eigenvalue weighted by atomic mass is 32.2. The number of hydrogen-bond donors (Lipinski definition) is 1. The number of thioether (sulfide) groups is 1. The summed E-state index contributed by atoms with van der Waals surface area (Å²) >= 11 is 1.96. The molecule has 1 amide bonds. The number of hydrogen-bond acceptors (Lipinski definition) is 3. The standard InChI is InChI=1S/C15H20N2OS/c1-12-2-4-13(5-3-12)14(18)17-10-11-19-15(17)6-8-16-9-7-15/h2-5,16H,6-11H2,1H3. The van der Waals surface area contributed by atoms with Crippen LogP contribution in [0.25, 0.3) is 0 Å². The van der Waals surface area contributed by atoms with Crippen LogP contribution in [0.1, 0.15) is 28.8 Å². The van der Waals surface area contributed by atoms with E-state index in [2.05, 4.69) is 10.2 Å². The van der Waals surface area contributed by atoms with Gasteiger partial charge in [0.2, 0.25) is 0 Å². The van der Waals surface area contributed by atoms with E-state index in [-0.39, 0.29) is 10.8 Å². The van der Waals surface area contributed by atoms with E-state index in [0.29, 0.717) is 0 Å². The first-order chi connectivity index (χ1) is 9.21. The van der Waals surface area contributed by atoms with Crippen molar-refractivity contribution in [2.75, 3.05) is 25.4 Å². The molecule has 4 heteroatoms. The second-order valence-electron chi connectivity index (χ2n) is 5.37. The molecule has 3 rings (SSSR count). The number of piperidine rings is 1. The van der Waals surface area contributed by atoms with Gasteiger partial charge in [-0.15, -0.1) is 11.8 Å². The molecule has 102 valence electrons. The second kappa shape index (κ2) is 5.17. The first-order valence-electron chi connectivity index (χ1n) is 6.95. The summed E-state index contributed by atoms with van der Waals surface area (Å²) < 4.78 is 0. The van der Waals surface area contributed by atoms with Gasteiger partial charge in [-0.1, -0.05) is 17.7 Å². The molecule has 2 heterocycles. The third-order valence-corrected chi connectivity index (χ3v) is 5.66. The largest absolute Gasteiger partial charge is 0.323 e. The Morgan fingerprint density at radius 2 is 1.95 bits per heavy atom. The lowest BCUT2D eigenvalue weighted by molar-refractivity contribution is 0.0635. The Morgan fingerprint density at radius 3 is 2.63 bits per heavy atom. The van der Waals surface area contributed by atoms with E-state index in [1.54, 1.807) is 0 Å². The number of benzene rings is 1. The smallest absolute Gasteiger partial charge is 0.254 e. The molecule has 19 heavy (non-hydrogen) atoms. The molecular weight excluding hydrogens is 256 g/mol. The van der Waals surface area contributed by atoms with Crippen LogP contribution in [-0.4, -0.2) is 41.1 Å². The van der Waals surface area contributed by atoms with Crippen LogP contribution in [0.3, 0.4) is 0 Å². The van der Waals surface area contributed by atoms with Gasteiger partial charge in [0.15, 0.2) is 0 Å². The topological polar surface area (TPSA) is 32.3 Å². The minimum absolute atomic E-state index is 0.0488. The Kier molecular flexibility index (Phi) is 3.54. The quantitative estimate of drug-likeness (QED) is 0.854. The molecule has 1 aromatic rings. The normalized spacial score (nSPS) is 21.8. The van der Waals surface area contributed by atoms with Gasteiger partial charge in [-0.2, -0.15) is 0 Å². The van der Waals surface area contributed by atoms with Crippen LogP contribution in [-0.2, 0) is 0 Å². The van der Waals surface area contributed by atoms with Gasteiger partial charge >= 0.3 is 0 Å². The Hall–Kier alpha value is -1.00. The first kappa shape index (κ1) is 13.0. The summed E-state index contributed by atoms with van der Waals surface area (Å²) in [4.78, 5) is 14.9. The molecule has 2 aliphatic heterocycles. The summed E-state index contributed by atoms with van der Waals surface area (Å²) in [5.74, 6) is 1.27. The molecule has 2 saturated heterocycles. The molecule has 0 radical (unpaired) electrons. The predicted molar refractivity (Wildman–Crippen MR) is 79.5 cm³/mol. The molecule has 0 aliphatic carbocycles. The lowest BCUT2D eigenvalue weighted by atomic mass is 10.0. The molecule has 3 nitrogen and oxygen atoms in total. The fourth-order valence-corrected chi connectivity index (χ4v) is 4.46. The van der Waals surface area contributed by atoms with Gasteiger partial charge in [-0.25, -0.2) is 0 Å². The fourth-order valence-electron chi connectivity index (χ4n) is 2.98. The van der Waals surface area contributed by atoms with Crippen molar-refractivity contribution in [1.82, 2.24) is 10.2 Å². The van der Waals surface area contributed by atoms with Gasteiger partial charge in [0, 0.05) is 17.9 Å². The Morgan fingerprint density at radius 1 is 1.26 bits per heavy atom. The monoisotopic (exact) mass is 276 g/mol. The van der Waals surface area contributed by atoms with Crippen molar-refractivity contribution in [3.63, 3.8) is 0 Å². The maximum absolute atomic E-state index is 12.7. The van der Waals surface area contributed by atoms with E-state index in [4.69, 9.17) is 0 Å². The number of amides is 1. The van der Waals surface area contributed by atoms with Crippen LogP contribution < -0.4 is 5.32 Å². The number of aryl methyl sites for hydroxylation is 1. The molecule has 0 unspecified atom stereocenters. The highest BCUT2D eigenvalue weighted by Gasteiger charge is 2.44. The van der Waals surface area contributed by atoms with Gasteiger partial charge in [0.25, 0.3) is 5.91 Å². The molecule has 1 N–H and O–H groups in total. The number of nitrogens with zero attached hydrogens (tertiary/aromatic N) is 1. The zero-order valence-corrected chi connectivity index (χ0v) is 12.1. The SMILES string of the molecule is Cc1ccc(C(=O)N2CCSC23CCNCC3)cc1. The van der Waals surface area contributed by atoms with E-state index in [9.17, 15) is 4.79 Å². The van der Waals surface area contributed by atoms with Crippen molar-refractivity contribution in [3.8, 4) is 0 Å². The first-order valence-corrected chi connectivity index (χ1v) is 7.93. The van der Waals surface area contributed by atoms with Gasteiger partial charge in [-0.05, 0) is 45.0 Å². The summed E-state index contributed by atoms with van der Waals surface area (Å²) in [6.45, 7) is 4.97. The van der Waals surface area contributed by atoms with Crippen LogP contribution in [0.15, 0.2) is 24.3 Å². The molecule has 2 aliphatic rings. The zero-order valence-electron chi connectivity index (χ0n) is 11.3. The summed E-state index contributed by atoms with van der Waals surface area (Å²) in [6, 6.07) is 7.95. The van der Waals surface area contributed by atoms with E-state index in [1.165, 1.54) is 5.56 Å². The summed E-state index contributed by atoms with van der Waals surface area (Å²) in [6.07, 6.45) is 2.13. The van der Waals surface area contributed by atoms with E-state index in [1.807, 2.05) is 43.0 Å². The van der Waals surface area contributed by atoms with Crippen molar-refractivity contribution >= 4 is 17.7 Å². The maximum atomic E-state index is 12.7. The second-order valence-corrected chi connectivity index (χ2v) is 6.82. The average Bonchev–Trinajstić information content (AvgIpc) is 2.83. The predicted octanol–water partition coefficient (Wildman–Crippen LogP) is 2.26. The molecule has 0 saturated carbocycles. The molecule has 1 aromatic carbocycles. The minimum atomic E-state index is 0.0488. The maximum Gasteiger partial charge on any atom is 0.254 e. The van der Waals surface area contributed by atoms with Crippen LogP contribution in [0.2, 0.25) is 0 Å². The summed E-state index contributed by atoms with van der Waals surface area (Å²) in [7, 11) is 0. The van der Waals surface area contributed by atoms with Crippen LogP contribution in [0, 0.1) is 6.92 Å². The fraction of sp³-hybridized carbons (Fsp3) is 0.533. The number of carbonyl (C=O) groups is 1. The van der Waals surface area contributed by atoms with Crippen LogP contribution in [0.4, 0.5) is 0 Å². The van der Waals surface area contributed by atoms with Gasteiger partial charge < -0.3 is 10.2 Å². The van der Waals surface area contributed by atoms with Crippen molar-refractivity contribution in [3.05, 3.63) is 35.4 Å². The lowest BCUT2D eigenvalue weighted by Crippen LogP contribution is -2.51. The molecule has 2 fully saturated rings. The third kappa shape index (κ3) is 2.39. The minimum Gasteiger partial charge on any atom is -0.323 e. The Bertz CT molecular complexity index is 466. The molecule has 0 atom stereocenters. The van der Waals surface area contributed by atoms with Gasteiger partial charge in [0.1, 0.15) is 0 Å². The zero-order chi connectivity index (χ0) is 13.3. The van der Waals surface area contributed by atoms with Crippen molar-refractivity contribution in [1.29, 1.82) is 0 Å². The Balaban J connectivity index is 1.84. The summed E-state index contributed by atoms with van der Waals surface area (Å²) in [5.41, 5.74) is 2.02. The lowest BCUT2D eigenvalue weighted by Gasteiger charge is -2.40. The van der Waals surface area contributed by atoms with Crippen LogP contribution in [0.5, 0.6) is 0 Å². The molecule has 0 aromatic heterocycles. The van der Waals surface area contributed by atoms with Crippen molar-refractivity contribution < 1.29 is 4.79 Å². The summed E-state index contributed by atoms with van der Waals surface area (Å²) in [5, 5.41) is 3.39. The van der Waals surface area contributed by atoms with E-state index < -0.39 is 0 Å². The third-order valence-electron chi connectivity index (χ3n) is 4.11. The molecular formula is C15H20N2OS. The van der Waals surface area contributed by atoms with Gasteiger partial charge in [-0.3, -0.25) is 4.79 Å². The average molecular weight is 276 g/mol. The van der Waals surface area contributed by atoms with Crippen LogP contribution >= 0.6 is 11.8 Å². The van der Waals surface area contributed by atoms with Gasteiger partial charge in [0.05, 0.1) is 4.87 Å². The number of carbonyl (C=O) groups excluding carboxylic acids is 1. The number of rotatable bonds is 1. The van der Waals surface area contributed by atoms with E-state index in [0.717, 1.165) is 43.8 Å². The van der Waals surface area contributed by atoms with Crippen molar-refractivity contribution in [2.24, 2.45) is 0 Å². The van der Waals surface area contributed by atoms with Crippen molar-refractivity contribution in [2.45, 2.75) is 24.6 Å². The van der Waals surface area contributed by atoms with E-state index >= 15 is 0 Å². The highest BCUT2D eigenvalue weighted by molar-refractivity contribution is 8.00. The Labute approximate surface area is 118 Å². The number of nitrogens with one attached hydrogen (secondary N) is 1.